The summed E-state index contributed by atoms with van der Waals surface area (Å²) in [6.45, 7) is -0.307. The first-order chi connectivity index (χ1) is 7.88. The van der Waals surface area contributed by atoms with Crippen LogP contribution in [0.1, 0.15) is 5.56 Å². The summed E-state index contributed by atoms with van der Waals surface area (Å²) in [7, 11) is 0. The van der Waals surface area contributed by atoms with Gasteiger partial charge in [-0.2, -0.15) is 0 Å². The minimum Gasteiger partial charge on any atom is -0.460 e. The molecule has 0 bridgehead atoms. The second-order valence-corrected chi connectivity index (χ2v) is 6.04. The highest BCUT2D eigenvalue weighted by Crippen LogP contribution is 2.26. The molecule has 0 fully saturated rings. The number of benzene rings is 1. The number of carbonyl (C=O) groups is 1. The van der Waals surface area contributed by atoms with Gasteiger partial charge in [-0.1, -0.05) is 65.1 Å². The number of carbonyl (C=O) groups excluding carboxylic acids is 1. The molecule has 0 saturated heterocycles. The van der Waals surface area contributed by atoms with E-state index in [0.717, 1.165) is 5.56 Å². The molecule has 1 unspecified atom stereocenters. The first-order valence-electron chi connectivity index (χ1n) is 4.91. The largest absolute Gasteiger partial charge is 0.460 e. The van der Waals surface area contributed by atoms with Crippen LogP contribution >= 0.6 is 34.8 Å². The quantitative estimate of drug-likeness (QED) is 0.686. The van der Waals surface area contributed by atoms with Crippen LogP contribution in [0, 0.1) is 0 Å². The molecule has 0 heterocycles. The van der Waals surface area contributed by atoms with E-state index in [2.05, 4.69) is 0 Å². The zero-order valence-corrected chi connectivity index (χ0v) is 11.2. The number of hydrogen-bond donors (Lipinski definition) is 1. The van der Waals surface area contributed by atoms with Gasteiger partial charge in [0.25, 0.3) is 0 Å². The second kappa shape index (κ2) is 6.45. The molecule has 1 aromatic carbocycles. The summed E-state index contributed by atoms with van der Waals surface area (Å²) in [5, 5.41) is 0. The van der Waals surface area contributed by atoms with E-state index in [1.165, 1.54) is 0 Å². The van der Waals surface area contributed by atoms with E-state index in [1.54, 1.807) is 0 Å². The molecule has 0 saturated carbocycles. The molecule has 0 aromatic heterocycles. The zero-order valence-electron chi connectivity index (χ0n) is 8.91. The monoisotopic (exact) mass is 295 g/mol. The molecule has 0 radical (unpaired) electrons. The predicted molar refractivity (Wildman–Crippen MR) is 69.4 cm³/mol. The molecule has 3 nitrogen and oxygen atoms in total. The van der Waals surface area contributed by atoms with Crippen LogP contribution in [0.25, 0.3) is 0 Å². The van der Waals surface area contributed by atoms with Gasteiger partial charge in [0.1, 0.15) is 12.6 Å². The lowest BCUT2D eigenvalue weighted by Gasteiger charge is -2.14. The van der Waals surface area contributed by atoms with E-state index < -0.39 is 15.8 Å². The van der Waals surface area contributed by atoms with Gasteiger partial charge in [0.05, 0.1) is 0 Å². The smallest absolute Gasteiger partial charge is 0.323 e. The molecule has 0 spiro atoms. The van der Waals surface area contributed by atoms with Crippen LogP contribution in [0.2, 0.25) is 0 Å². The SMILES string of the molecule is NC(Cc1ccccc1)C(=O)OCC(Cl)(Cl)Cl. The lowest BCUT2D eigenvalue weighted by molar-refractivity contribution is -0.145. The van der Waals surface area contributed by atoms with Crippen LogP contribution in [0.3, 0.4) is 0 Å². The van der Waals surface area contributed by atoms with Gasteiger partial charge in [0, 0.05) is 0 Å². The standard InChI is InChI=1S/C11H12Cl3NO2/c12-11(13,14)7-17-10(16)9(15)6-8-4-2-1-3-5-8/h1-5,9H,6-7,15H2. The third-order valence-electron chi connectivity index (χ3n) is 1.98. The average Bonchev–Trinajstić information content (AvgIpc) is 2.26. The molecular weight excluding hydrogens is 284 g/mol. The molecule has 2 N–H and O–H groups in total. The minimum absolute atomic E-state index is 0.307. The van der Waals surface area contributed by atoms with Crippen molar-refractivity contribution in [2.75, 3.05) is 6.61 Å². The molecule has 17 heavy (non-hydrogen) atoms. The molecule has 1 aromatic rings. The maximum Gasteiger partial charge on any atom is 0.323 e. The van der Waals surface area contributed by atoms with E-state index in [4.69, 9.17) is 45.3 Å². The maximum absolute atomic E-state index is 11.5. The predicted octanol–water partition coefficient (Wildman–Crippen LogP) is 2.47. The van der Waals surface area contributed by atoms with Crippen molar-refractivity contribution >= 4 is 40.8 Å². The van der Waals surface area contributed by atoms with Crippen LogP contribution in [0.4, 0.5) is 0 Å². The second-order valence-electron chi connectivity index (χ2n) is 3.52. The van der Waals surface area contributed by atoms with Gasteiger partial charge in [-0.15, -0.1) is 0 Å². The fraction of sp³-hybridized carbons (Fsp3) is 0.364. The Labute approximate surface area is 115 Å². The van der Waals surface area contributed by atoms with Gasteiger partial charge in [-0.05, 0) is 12.0 Å². The van der Waals surface area contributed by atoms with Crippen LogP contribution < -0.4 is 5.73 Å². The summed E-state index contributed by atoms with van der Waals surface area (Å²) in [5.41, 5.74) is 6.62. The number of rotatable bonds is 4. The molecule has 0 aliphatic heterocycles. The Bertz CT molecular complexity index is 365. The molecule has 0 aliphatic carbocycles. The lowest BCUT2D eigenvalue weighted by atomic mass is 10.1. The molecule has 94 valence electrons. The third-order valence-corrected chi connectivity index (χ3v) is 2.31. The van der Waals surface area contributed by atoms with Gasteiger partial charge in [-0.25, -0.2) is 0 Å². The van der Waals surface area contributed by atoms with E-state index in [9.17, 15) is 4.79 Å². The fourth-order valence-electron chi connectivity index (χ4n) is 1.21. The van der Waals surface area contributed by atoms with E-state index in [-0.39, 0.29) is 6.61 Å². The number of esters is 1. The normalized spacial score (nSPS) is 13.2. The number of nitrogens with two attached hydrogens (primary N) is 1. The minimum atomic E-state index is -1.61. The van der Waals surface area contributed by atoms with Gasteiger partial charge in [-0.3, -0.25) is 4.79 Å². The average molecular weight is 297 g/mol. The van der Waals surface area contributed by atoms with Crippen molar-refractivity contribution in [3.63, 3.8) is 0 Å². The molecule has 1 atom stereocenters. The fourth-order valence-corrected chi connectivity index (χ4v) is 1.38. The Morgan fingerprint density at radius 1 is 1.29 bits per heavy atom. The van der Waals surface area contributed by atoms with Crippen molar-refractivity contribution in [2.24, 2.45) is 5.73 Å². The number of hydrogen-bond acceptors (Lipinski definition) is 3. The zero-order chi connectivity index (χ0) is 12.9. The van der Waals surface area contributed by atoms with E-state index in [0.29, 0.717) is 6.42 Å². The summed E-state index contributed by atoms with van der Waals surface area (Å²) in [4.78, 5) is 11.5. The molecule has 0 aliphatic rings. The third kappa shape index (κ3) is 6.13. The summed E-state index contributed by atoms with van der Waals surface area (Å²) in [5.74, 6) is -0.583. The number of halogens is 3. The van der Waals surface area contributed by atoms with Crippen molar-refractivity contribution in [3.05, 3.63) is 35.9 Å². The maximum atomic E-state index is 11.5. The van der Waals surface area contributed by atoms with E-state index in [1.807, 2.05) is 30.3 Å². The lowest BCUT2D eigenvalue weighted by Crippen LogP contribution is -2.36. The Morgan fingerprint density at radius 2 is 1.88 bits per heavy atom. The first kappa shape index (κ1) is 14.6. The Kier molecular flexibility index (Phi) is 5.53. The Morgan fingerprint density at radius 3 is 2.41 bits per heavy atom. The molecule has 0 amide bonds. The van der Waals surface area contributed by atoms with Crippen LogP contribution in [-0.4, -0.2) is 22.4 Å². The summed E-state index contributed by atoms with van der Waals surface area (Å²) in [6, 6.07) is 8.62. The van der Waals surface area contributed by atoms with E-state index >= 15 is 0 Å². The highest BCUT2D eigenvalue weighted by atomic mass is 35.6. The topological polar surface area (TPSA) is 52.3 Å². The van der Waals surface area contributed by atoms with Gasteiger partial charge < -0.3 is 10.5 Å². The molecule has 1 rings (SSSR count). The van der Waals surface area contributed by atoms with Crippen molar-refractivity contribution < 1.29 is 9.53 Å². The summed E-state index contributed by atoms with van der Waals surface area (Å²) < 4.78 is 3.17. The summed E-state index contributed by atoms with van der Waals surface area (Å²) >= 11 is 16.4. The Hall–Kier alpha value is -0.480. The van der Waals surface area contributed by atoms with Gasteiger partial charge >= 0.3 is 5.97 Å². The van der Waals surface area contributed by atoms with Gasteiger partial charge in [0.2, 0.25) is 3.79 Å². The van der Waals surface area contributed by atoms with Crippen LogP contribution in [-0.2, 0) is 16.0 Å². The number of alkyl halides is 3. The first-order valence-corrected chi connectivity index (χ1v) is 6.05. The van der Waals surface area contributed by atoms with Crippen molar-refractivity contribution in [3.8, 4) is 0 Å². The highest BCUT2D eigenvalue weighted by Gasteiger charge is 2.24. The van der Waals surface area contributed by atoms with Crippen molar-refractivity contribution in [1.29, 1.82) is 0 Å². The van der Waals surface area contributed by atoms with Crippen LogP contribution in [0.15, 0.2) is 30.3 Å². The van der Waals surface area contributed by atoms with Crippen molar-refractivity contribution in [1.82, 2.24) is 0 Å². The molecule has 6 heteroatoms. The van der Waals surface area contributed by atoms with Crippen molar-refractivity contribution in [2.45, 2.75) is 16.3 Å². The Balaban J connectivity index is 2.43. The molecular formula is C11H12Cl3NO2. The van der Waals surface area contributed by atoms with Crippen LogP contribution in [0.5, 0.6) is 0 Å². The number of ether oxygens (including phenoxy) is 1. The summed E-state index contributed by atoms with van der Waals surface area (Å²) in [6.07, 6.45) is 0.388. The highest BCUT2D eigenvalue weighted by molar-refractivity contribution is 6.67. The van der Waals surface area contributed by atoms with Gasteiger partial charge in [0.15, 0.2) is 0 Å².